The summed E-state index contributed by atoms with van der Waals surface area (Å²) >= 11 is 0. The first-order chi connectivity index (χ1) is 17.6. The van der Waals surface area contributed by atoms with Crippen molar-refractivity contribution in [1.29, 1.82) is 0 Å². The summed E-state index contributed by atoms with van der Waals surface area (Å²) in [6.07, 6.45) is 9.73. The monoisotopic (exact) mass is 484 g/mol. The van der Waals surface area contributed by atoms with Gasteiger partial charge in [0.2, 0.25) is 0 Å². The normalized spacial score (nSPS) is 18.2. The highest BCUT2D eigenvalue weighted by atomic mass is 19.1. The first kappa shape index (κ1) is 22.6. The third kappa shape index (κ3) is 4.67. The lowest BCUT2D eigenvalue weighted by Gasteiger charge is -2.26. The van der Waals surface area contributed by atoms with Crippen LogP contribution >= 0.6 is 0 Å². The van der Waals surface area contributed by atoms with Crippen LogP contribution in [-0.4, -0.2) is 36.5 Å². The number of hydrogen-bond donors (Lipinski definition) is 3. The van der Waals surface area contributed by atoms with Gasteiger partial charge in [-0.05, 0) is 73.2 Å². The van der Waals surface area contributed by atoms with Gasteiger partial charge in [-0.15, -0.1) is 0 Å². The Morgan fingerprint density at radius 1 is 1.03 bits per heavy atom. The first-order valence-corrected chi connectivity index (χ1v) is 12.4. The predicted octanol–water partition coefficient (Wildman–Crippen LogP) is 4.37. The molecule has 6 rings (SSSR count). The molecule has 0 amide bonds. The van der Waals surface area contributed by atoms with E-state index in [0.717, 1.165) is 71.3 Å². The van der Waals surface area contributed by atoms with Crippen LogP contribution < -0.4 is 16.4 Å². The van der Waals surface area contributed by atoms with Gasteiger partial charge in [-0.1, -0.05) is 12.1 Å². The van der Waals surface area contributed by atoms with Gasteiger partial charge in [0, 0.05) is 35.9 Å². The Bertz CT molecular complexity index is 1500. The molecular formula is C27H29FN8. The molecule has 1 fully saturated rings. The lowest BCUT2D eigenvalue weighted by Crippen LogP contribution is -2.37. The van der Waals surface area contributed by atoms with Crippen molar-refractivity contribution in [3.63, 3.8) is 0 Å². The van der Waals surface area contributed by atoms with Gasteiger partial charge in [-0.3, -0.25) is 4.68 Å². The van der Waals surface area contributed by atoms with Crippen molar-refractivity contribution in [2.24, 2.45) is 5.73 Å². The molecule has 5 aromatic rings. The molecule has 8 nitrogen and oxygen atoms in total. The molecule has 0 saturated heterocycles. The molecule has 0 atom stereocenters. The molecule has 3 heterocycles. The number of halogens is 1. The van der Waals surface area contributed by atoms with Crippen LogP contribution in [0.15, 0.2) is 67.3 Å². The van der Waals surface area contributed by atoms with Crippen molar-refractivity contribution < 1.29 is 4.39 Å². The number of aromatic nitrogens is 5. The van der Waals surface area contributed by atoms with E-state index in [1.807, 2.05) is 39.8 Å². The summed E-state index contributed by atoms with van der Waals surface area (Å²) in [6.45, 7) is 1.26. The molecule has 9 heteroatoms. The van der Waals surface area contributed by atoms with Crippen LogP contribution in [0.4, 0.5) is 15.9 Å². The van der Waals surface area contributed by atoms with Crippen LogP contribution in [0, 0.1) is 5.82 Å². The number of rotatable bonds is 7. The zero-order valence-electron chi connectivity index (χ0n) is 19.9. The Hall–Kier alpha value is -3.82. The molecule has 3 aromatic heterocycles. The van der Waals surface area contributed by atoms with E-state index >= 15 is 0 Å². The second-order valence-electron chi connectivity index (χ2n) is 9.57. The maximum atomic E-state index is 13.6. The molecule has 1 aliphatic carbocycles. The molecule has 0 unspecified atom stereocenters. The SMILES string of the molecule is NC1CCC(NCc2ccn3ncnc(Nc4ccc5c(cnn5Cc5cccc(F)c5)c4)c23)CC1. The number of nitrogens with zero attached hydrogens (tertiary/aromatic N) is 5. The van der Waals surface area contributed by atoms with E-state index in [-0.39, 0.29) is 5.82 Å². The Morgan fingerprint density at radius 2 is 1.92 bits per heavy atom. The number of fused-ring (bicyclic) bond motifs is 2. The standard InChI is InChI=1S/C27H29FN8/c28-21-3-1-2-18(12-21)16-36-25-9-8-24(13-20(25)15-32-36)34-27-26-19(10-11-35(26)33-17-31-27)14-30-23-6-4-22(29)5-7-23/h1-3,8-13,15,17,22-23,30H,4-7,14,16,29H2,(H,31,33,34). The summed E-state index contributed by atoms with van der Waals surface area (Å²) in [5.41, 5.74) is 10.9. The van der Waals surface area contributed by atoms with Crippen molar-refractivity contribution in [2.75, 3.05) is 5.32 Å². The number of benzene rings is 2. The third-order valence-corrected chi connectivity index (χ3v) is 7.02. The molecule has 2 aromatic carbocycles. The second-order valence-corrected chi connectivity index (χ2v) is 9.57. The Morgan fingerprint density at radius 3 is 2.78 bits per heavy atom. The van der Waals surface area contributed by atoms with Crippen LogP contribution in [0.2, 0.25) is 0 Å². The molecule has 1 aliphatic rings. The number of nitrogens with two attached hydrogens (primary N) is 1. The van der Waals surface area contributed by atoms with E-state index in [1.54, 1.807) is 12.4 Å². The topological polar surface area (TPSA) is 98.1 Å². The second kappa shape index (κ2) is 9.67. The molecular weight excluding hydrogens is 455 g/mol. The van der Waals surface area contributed by atoms with Gasteiger partial charge in [0.1, 0.15) is 17.7 Å². The Balaban J connectivity index is 1.21. The van der Waals surface area contributed by atoms with Crippen LogP contribution in [0.25, 0.3) is 16.4 Å². The number of anilines is 2. The van der Waals surface area contributed by atoms with Gasteiger partial charge in [0.05, 0.1) is 18.3 Å². The number of hydrogen-bond acceptors (Lipinski definition) is 6. The van der Waals surface area contributed by atoms with Crippen LogP contribution in [0.1, 0.15) is 36.8 Å². The highest BCUT2D eigenvalue weighted by Gasteiger charge is 2.19. The molecule has 0 aliphatic heterocycles. The van der Waals surface area contributed by atoms with Gasteiger partial charge in [-0.25, -0.2) is 13.9 Å². The molecule has 0 radical (unpaired) electrons. The van der Waals surface area contributed by atoms with Gasteiger partial charge >= 0.3 is 0 Å². The first-order valence-electron chi connectivity index (χ1n) is 12.4. The minimum atomic E-state index is -0.241. The van der Waals surface area contributed by atoms with E-state index in [1.165, 1.54) is 12.1 Å². The highest BCUT2D eigenvalue weighted by Crippen LogP contribution is 2.26. The van der Waals surface area contributed by atoms with Crippen molar-refractivity contribution in [3.8, 4) is 0 Å². The molecule has 1 saturated carbocycles. The third-order valence-electron chi connectivity index (χ3n) is 7.02. The van der Waals surface area contributed by atoms with Gasteiger partial charge in [0.15, 0.2) is 5.82 Å². The zero-order chi connectivity index (χ0) is 24.5. The fourth-order valence-corrected chi connectivity index (χ4v) is 5.07. The summed E-state index contributed by atoms with van der Waals surface area (Å²) < 4.78 is 17.3. The van der Waals surface area contributed by atoms with E-state index in [9.17, 15) is 4.39 Å². The zero-order valence-corrected chi connectivity index (χ0v) is 19.9. The summed E-state index contributed by atoms with van der Waals surface area (Å²) in [5.74, 6) is 0.512. The van der Waals surface area contributed by atoms with Gasteiger partial charge < -0.3 is 16.4 Å². The summed E-state index contributed by atoms with van der Waals surface area (Å²) in [5, 5.41) is 17.1. The summed E-state index contributed by atoms with van der Waals surface area (Å²) in [7, 11) is 0. The van der Waals surface area contributed by atoms with Crippen molar-refractivity contribution in [1.82, 2.24) is 29.7 Å². The van der Waals surface area contributed by atoms with Crippen molar-refractivity contribution in [2.45, 2.75) is 50.9 Å². The summed E-state index contributed by atoms with van der Waals surface area (Å²) in [6, 6.07) is 15.6. The maximum absolute atomic E-state index is 13.6. The Labute approximate surface area is 208 Å². The quantitative estimate of drug-likeness (QED) is 0.317. The van der Waals surface area contributed by atoms with Crippen LogP contribution in [0.5, 0.6) is 0 Å². The summed E-state index contributed by atoms with van der Waals surface area (Å²) in [4.78, 5) is 4.55. The van der Waals surface area contributed by atoms with Gasteiger partial charge in [0.25, 0.3) is 0 Å². The van der Waals surface area contributed by atoms with Crippen molar-refractivity contribution >= 4 is 27.9 Å². The largest absolute Gasteiger partial charge is 0.338 e. The van der Waals surface area contributed by atoms with Crippen LogP contribution in [-0.2, 0) is 13.1 Å². The van der Waals surface area contributed by atoms with E-state index in [2.05, 4.69) is 37.9 Å². The minimum absolute atomic E-state index is 0.241. The smallest absolute Gasteiger partial charge is 0.158 e. The van der Waals surface area contributed by atoms with Crippen LogP contribution in [0.3, 0.4) is 0 Å². The maximum Gasteiger partial charge on any atom is 0.158 e. The molecule has 0 bridgehead atoms. The molecule has 4 N–H and O–H groups in total. The predicted molar refractivity (Wildman–Crippen MR) is 139 cm³/mol. The average molecular weight is 485 g/mol. The van der Waals surface area contributed by atoms with Crippen molar-refractivity contribution in [3.05, 3.63) is 84.2 Å². The lowest BCUT2D eigenvalue weighted by atomic mass is 9.92. The molecule has 36 heavy (non-hydrogen) atoms. The van der Waals surface area contributed by atoms with E-state index in [4.69, 9.17) is 5.73 Å². The average Bonchev–Trinajstić information content (AvgIpc) is 3.48. The van der Waals surface area contributed by atoms with E-state index in [0.29, 0.717) is 18.6 Å². The van der Waals surface area contributed by atoms with E-state index < -0.39 is 0 Å². The lowest BCUT2D eigenvalue weighted by molar-refractivity contribution is 0.342. The molecule has 184 valence electrons. The Kier molecular flexibility index (Phi) is 6.08. The number of nitrogens with one attached hydrogen (secondary N) is 2. The fraction of sp³-hybridized carbons (Fsp3) is 0.296. The minimum Gasteiger partial charge on any atom is -0.338 e. The fourth-order valence-electron chi connectivity index (χ4n) is 5.07. The van der Waals surface area contributed by atoms with Gasteiger partial charge in [-0.2, -0.15) is 10.2 Å². The molecule has 0 spiro atoms. The highest BCUT2D eigenvalue weighted by molar-refractivity contribution is 5.85.